The summed E-state index contributed by atoms with van der Waals surface area (Å²) in [4.78, 5) is 12.1. The van der Waals surface area contributed by atoms with Gasteiger partial charge in [0, 0.05) is 5.92 Å². The molecule has 2 aromatic carbocycles. The van der Waals surface area contributed by atoms with Gasteiger partial charge >= 0.3 is 5.97 Å². The van der Waals surface area contributed by atoms with Gasteiger partial charge in [0.25, 0.3) is 0 Å². The summed E-state index contributed by atoms with van der Waals surface area (Å²) in [6.45, 7) is 0.492. The third-order valence-corrected chi connectivity index (χ3v) is 4.58. The van der Waals surface area contributed by atoms with E-state index in [1.807, 2.05) is 48.5 Å². The molecule has 0 aromatic heterocycles. The average molecular weight is 326 g/mol. The van der Waals surface area contributed by atoms with Crippen molar-refractivity contribution in [1.82, 2.24) is 0 Å². The molecule has 3 rings (SSSR count). The molecule has 0 N–H and O–H groups in total. The third kappa shape index (κ3) is 3.70. The van der Waals surface area contributed by atoms with E-state index in [0.717, 1.165) is 23.5 Å². The van der Waals surface area contributed by atoms with Crippen LogP contribution in [0, 0.1) is 11.8 Å². The predicted molar refractivity (Wildman–Crippen MR) is 91.3 cm³/mol. The third-order valence-electron chi connectivity index (χ3n) is 4.58. The molecular weight excluding hydrogens is 304 g/mol. The summed E-state index contributed by atoms with van der Waals surface area (Å²) in [5, 5.41) is 0. The lowest BCUT2D eigenvalue weighted by Gasteiger charge is -2.16. The molecule has 0 radical (unpaired) electrons. The van der Waals surface area contributed by atoms with Crippen molar-refractivity contribution in [3.63, 3.8) is 0 Å². The van der Waals surface area contributed by atoms with Crippen molar-refractivity contribution in [1.29, 1.82) is 0 Å². The smallest absolute Gasteiger partial charge is 0.309 e. The Morgan fingerprint density at radius 3 is 1.88 bits per heavy atom. The van der Waals surface area contributed by atoms with Gasteiger partial charge in [0.05, 0.1) is 26.7 Å². The van der Waals surface area contributed by atoms with Crippen LogP contribution in [0.5, 0.6) is 11.5 Å². The summed E-state index contributed by atoms with van der Waals surface area (Å²) in [7, 11) is 3.30. The highest BCUT2D eigenvalue weighted by Gasteiger charge is 2.36. The molecule has 0 spiro atoms. The fourth-order valence-electron chi connectivity index (χ4n) is 3.14. The standard InChI is InChI=1S/C20H22O4/c1-22-17-7-3-14(4-8-17)11-16-13-24-20(21)19(16)12-15-5-9-18(23-2)10-6-15/h3-10,16,19H,11-13H2,1-2H3. The number of hydrogen-bond acceptors (Lipinski definition) is 4. The van der Waals surface area contributed by atoms with Gasteiger partial charge in [0.2, 0.25) is 0 Å². The van der Waals surface area contributed by atoms with E-state index in [0.29, 0.717) is 13.0 Å². The molecule has 2 atom stereocenters. The van der Waals surface area contributed by atoms with Crippen molar-refractivity contribution in [2.45, 2.75) is 12.8 Å². The number of methoxy groups -OCH3 is 2. The summed E-state index contributed by atoms with van der Waals surface area (Å²) in [5.74, 6) is 1.67. The van der Waals surface area contributed by atoms with Crippen molar-refractivity contribution in [2.75, 3.05) is 20.8 Å². The highest BCUT2D eigenvalue weighted by atomic mass is 16.5. The Labute approximate surface area is 142 Å². The highest BCUT2D eigenvalue weighted by molar-refractivity contribution is 5.75. The monoisotopic (exact) mass is 326 g/mol. The van der Waals surface area contributed by atoms with Gasteiger partial charge < -0.3 is 14.2 Å². The van der Waals surface area contributed by atoms with Crippen LogP contribution in [0.2, 0.25) is 0 Å². The van der Waals surface area contributed by atoms with Crippen LogP contribution in [0.15, 0.2) is 48.5 Å². The maximum atomic E-state index is 12.1. The fourth-order valence-corrected chi connectivity index (χ4v) is 3.14. The van der Waals surface area contributed by atoms with Crippen molar-refractivity contribution in [2.24, 2.45) is 11.8 Å². The summed E-state index contributed by atoms with van der Waals surface area (Å²) in [6.07, 6.45) is 1.53. The number of hydrogen-bond donors (Lipinski definition) is 0. The van der Waals surface area contributed by atoms with E-state index in [4.69, 9.17) is 14.2 Å². The van der Waals surface area contributed by atoms with Crippen LogP contribution in [0.4, 0.5) is 0 Å². The first kappa shape index (κ1) is 16.4. The fraction of sp³-hybridized carbons (Fsp3) is 0.350. The highest BCUT2D eigenvalue weighted by Crippen LogP contribution is 2.30. The maximum Gasteiger partial charge on any atom is 0.309 e. The van der Waals surface area contributed by atoms with Crippen LogP contribution in [0.25, 0.3) is 0 Å². The van der Waals surface area contributed by atoms with E-state index in [1.165, 1.54) is 5.56 Å². The molecule has 2 aromatic rings. The van der Waals surface area contributed by atoms with E-state index < -0.39 is 0 Å². The summed E-state index contributed by atoms with van der Waals surface area (Å²) >= 11 is 0. The Hall–Kier alpha value is -2.49. The molecule has 0 saturated carbocycles. The topological polar surface area (TPSA) is 44.8 Å². The van der Waals surface area contributed by atoms with Gasteiger partial charge in [-0.15, -0.1) is 0 Å². The molecule has 1 heterocycles. The molecule has 4 heteroatoms. The zero-order valence-corrected chi connectivity index (χ0v) is 14.0. The molecular formula is C20H22O4. The van der Waals surface area contributed by atoms with Crippen molar-refractivity contribution < 1.29 is 19.0 Å². The molecule has 1 aliphatic heterocycles. The second kappa shape index (κ2) is 7.39. The molecule has 24 heavy (non-hydrogen) atoms. The molecule has 2 unspecified atom stereocenters. The minimum Gasteiger partial charge on any atom is -0.497 e. The number of esters is 1. The lowest BCUT2D eigenvalue weighted by atomic mass is 9.85. The van der Waals surface area contributed by atoms with Gasteiger partial charge in [-0.1, -0.05) is 24.3 Å². The van der Waals surface area contributed by atoms with Gasteiger partial charge in [-0.3, -0.25) is 4.79 Å². The minimum atomic E-state index is -0.0968. The summed E-state index contributed by atoms with van der Waals surface area (Å²) in [5.41, 5.74) is 2.32. The largest absolute Gasteiger partial charge is 0.497 e. The van der Waals surface area contributed by atoms with E-state index >= 15 is 0 Å². The maximum absolute atomic E-state index is 12.1. The Bertz CT molecular complexity index is 676. The zero-order valence-electron chi connectivity index (χ0n) is 14.0. The first-order valence-electron chi connectivity index (χ1n) is 8.12. The van der Waals surface area contributed by atoms with Crippen molar-refractivity contribution in [3.05, 3.63) is 59.7 Å². The van der Waals surface area contributed by atoms with E-state index in [-0.39, 0.29) is 17.8 Å². The van der Waals surface area contributed by atoms with Gasteiger partial charge in [-0.2, -0.15) is 0 Å². The first-order valence-corrected chi connectivity index (χ1v) is 8.12. The molecule has 0 aliphatic carbocycles. The van der Waals surface area contributed by atoms with Crippen LogP contribution in [-0.2, 0) is 22.4 Å². The molecule has 4 nitrogen and oxygen atoms in total. The van der Waals surface area contributed by atoms with Crippen molar-refractivity contribution in [3.8, 4) is 11.5 Å². The van der Waals surface area contributed by atoms with Crippen LogP contribution in [0.3, 0.4) is 0 Å². The van der Waals surface area contributed by atoms with E-state index in [1.54, 1.807) is 14.2 Å². The lowest BCUT2D eigenvalue weighted by molar-refractivity contribution is -0.141. The number of ether oxygens (including phenoxy) is 3. The quantitative estimate of drug-likeness (QED) is 0.764. The number of benzene rings is 2. The zero-order chi connectivity index (χ0) is 16.9. The van der Waals surface area contributed by atoms with Gasteiger partial charge in [0.1, 0.15) is 11.5 Å². The number of cyclic esters (lactones) is 1. The van der Waals surface area contributed by atoms with Gasteiger partial charge in [-0.05, 0) is 48.2 Å². The van der Waals surface area contributed by atoms with Crippen LogP contribution in [0.1, 0.15) is 11.1 Å². The van der Waals surface area contributed by atoms with Gasteiger partial charge in [-0.25, -0.2) is 0 Å². The first-order chi connectivity index (χ1) is 11.7. The lowest BCUT2D eigenvalue weighted by Crippen LogP contribution is -2.20. The Kier molecular flexibility index (Phi) is 5.04. The SMILES string of the molecule is COc1ccc(CC2COC(=O)C2Cc2ccc(OC)cc2)cc1. The van der Waals surface area contributed by atoms with E-state index in [2.05, 4.69) is 0 Å². The van der Waals surface area contributed by atoms with Crippen molar-refractivity contribution >= 4 is 5.97 Å². The molecule has 1 fully saturated rings. The Morgan fingerprint density at radius 1 is 0.875 bits per heavy atom. The molecule has 0 bridgehead atoms. The second-order valence-corrected chi connectivity index (χ2v) is 6.10. The average Bonchev–Trinajstić information content (AvgIpc) is 2.96. The summed E-state index contributed by atoms with van der Waals surface area (Å²) < 4.78 is 15.7. The number of carbonyl (C=O) groups is 1. The number of carbonyl (C=O) groups excluding carboxylic acids is 1. The minimum absolute atomic E-state index is 0.0932. The van der Waals surface area contributed by atoms with E-state index in [9.17, 15) is 4.79 Å². The predicted octanol–water partition coefficient (Wildman–Crippen LogP) is 3.28. The second-order valence-electron chi connectivity index (χ2n) is 6.10. The van der Waals surface area contributed by atoms with Crippen LogP contribution in [-0.4, -0.2) is 26.8 Å². The molecule has 0 amide bonds. The van der Waals surface area contributed by atoms with Crippen LogP contribution >= 0.6 is 0 Å². The molecule has 1 aliphatic rings. The van der Waals surface area contributed by atoms with Crippen LogP contribution < -0.4 is 9.47 Å². The Balaban J connectivity index is 1.68. The Morgan fingerprint density at radius 2 is 1.38 bits per heavy atom. The number of rotatable bonds is 6. The summed E-state index contributed by atoms with van der Waals surface area (Å²) in [6, 6.07) is 15.9. The van der Waals surface area contributed by atoms with Gasteiger partial charge in [0.15, 0.2) is 0 Å². The normalized spacial score (nSPS) is 19.8. The molecule has 126 valence electrons. The molecule has 1 saturated heterocycles.